The summed E-state index contributed by atoms with van der Waals surface area (Å²) in [5.74, 6) is 1.39. The topological polar surface area (TPSA) is 64.6 Å². The third-order valence-electron chi connectivity index (χ3n) is 4.66. The first kappa shape index (κ1) is 14.8. The number of hydrogen-bond donors (Lipinski definition) is 1. The number of carbonyl (C=O) groups excluding carboxylic acids is 2. The molecule has 0 atom stereocenters. The summed E-state index contributed by atoms with van der Waals surface area (Å²) in [5, 5.41) is 2.95. The average molecular weight is 323 g/mol. The Kier molecular flexibility index (Phi) is 3.30. The number of benzene rings is 2. The largest absolute Gasteiger partial charge is 0.454 e. The molecule has 4 rings (SSSR count). The molecule has 24 heavy (non-hydrogen) atoms. The Morgan fingerprint density at radius 3 is 2.38 bits per heavy atom. The van der Waals surface area contributed by atoms with Crippen LogP contribution in [0, 0.1) is 0 Å². The van der Waals surface area contributed by atoms with Crippen LogP contribution in [0.1, 0.15) is 35.7 Å². The van der Waals surface area contributed by atoms with Crippen LogP contribution in [0.2, 0.25) is 0 Å². The molecular weight excluding hydrogens is 306 g/mol. The lowest BCUT2D eigenvalue weighted by Gasteiger charge is -2.16. The Labute approximate surface area is 139 Å². The summed E-state index contributed by atoms with van der Waals surface area (Å²) in [6.07, 6.45) is 1.62. The molecule has 1 saturated carbocycles. The summed E-state index contributed by atoms with van der Waals surface area (Å²) in [7, 11) is 0. The second-order valence-corrected chi connectivity index (χ2v) is 6.24. The number of nitrogens with one attached hydrogen (secondary N) is 1. The van der Waals surface area contributed by atoms with E-state index in [1.807, 2.05) is 18.2 Å². The number of fused-ring (bicyclic) bond motifs is 1. The maximum absolute atomic E-state index is 12.8. The van der Waals surface area contributed by atoms with Crippen molar-refractivity contribution in [2.24, 2.45) is 0 Å². The summed E-state index contributed by atoms with van der Waals surface area (Å²) >= 11 is 0. The summed E-state index contributed by atoms with van der Waals surface area (Å²) in [4.78, 5) is 24.1. The average Bonchev–Trinajstić information content (AvgIpc) is 3.27. The van der Waals surface area contributed by atoms with Crippen molar-refractivity contribution in [2.75, 3.05) is 12.1 Å². The molecule has 2 aromatic carbocycles. The minimum atomic E-state index is -0.500. The molecule has 2 aliphatic rings. The van der Waals surface area contributed by atoms with Crippen LogP contribution in [-0.4, -0.2) is 18.5 Å². The van der Waals surface area contributed by atoms with Crippen molar-refractivity contribution >= 4 is 17.4 Å². The lowest BCUT2D eigenvalue weighted by atomic mass is 9.94. The molecular formula is C19H17NO4. The van der Waals surface area contributed by atoms with Crippen LogP contribution in [-0.2, 0) is 10.2 Å². The van der Waals surface area contributed by atoms with Crippen molar-refractivity contribution in [3.05, 3.63) is 53.6 Å². The van der Waals surface area contributed by atoms with E-state index >= 15 is 0 Å². The standard InChI is InChI=1S/C19H17NO4/c1-12(21)13-2-5-15(6-3-13)20-18(22)19(8-9-19)14-4-7-16-17(10-14)24-11-23-16/h2-7,10H,8-9,11H2,1H3,(H,20,22). The zero-order chi connectivity index (χ0) is 16.7. The van der Waals surface area contributed by atoms with Gasteiger partial charge in [-0.25, -0.2) is 0 Å². The van der Waals surface area contributed by atoms with Crippen LogP contribution in [0.25, 0.3) is 0 Å². The number of ketones is 1. The second-order valence-electron chi connectivity index (χ2n) is 6.24. The highest BCUT2D eigenvalue weighted by atomic mass is 16.7. The van der Waals surface area contributed by atoms with Gasteiger partial charge in [0.2, 0.25) is 12.7 Å². The molecule has 1 amide bonds. The van der Waals surface area contributed by atoms with Crippen molar-refractivity contribution in [3.8, 4) is 11.5 Å². The van der Waals surface area contributed by atoms with Crippen LogP contribution in [0.4, 0.5) is 5.69 Å². The molecule has 122 valence electrons. The molecule has 0 radical (unpaired) electrons. The maximum atomic E-state index is 12.8. The van der Waals surface area contributed by atoms with E-state index in [2.05, 4.69) is 5.32 Å². The number of rotatable bonds is 4. The van der Waals surface area contributed by atoms with E-state index in [0.29, 0.717) is 17.0 Å². The van der Waals surface area contributed by atoms with Crippen LogP contribution < -0.4 is 14.8 Å². The van der Waals surface area contributed by atoms with Crippen LogP contribution in [0.5, 0.6) is 11.5 Å². The summed E-state index contributed by atoms with van der Waals surface area (Å²) in [5.41, 5.74) is 1.77. The molecule has 0 aromatic heterocycles. The number of Topliss-reactive ketones (excluding diaryl/α,β-unsaturated/α-hetero) is 1. The van der Waals surface area contributed by atoms with Crippen molar-refractivity contribution in [1.29, 1.82) is 0 Å². The third-order valence-corrected chi connectivity index (χ3v) is 4.66. The van der Waals surface area contributed by atoms with Gasteiger partial charge < -0.3 is 14.8 Å². The van der Waals surface area contributed by atoms with Gasteiger partial charge in [0.25, 0.3) is 0 Å². The third kappa shape index (κ3) is 2.42. The normalized spacial score (nSPS) is 16.5. The van der Waals surface area contributed by atoms with E-state index in [4.69, 9.17) is 9.47 Å². The van der Waals surface area contributed by atoms with Crippen LogP contribution >= 0.6 is 0 Å². The molecule has 0 spiro atoms. The predicted octanol–water partition coefficient (Wildman–Crippen LogP) is 3.29. The van der Waals surface area contributed by atoms with E-state index in [1.54, 1.807) is 24.3 Å². The minimum Gasteiger partial charge on any atom is -0.454 e. The van der Waals surface area contributed by atoms with Crippen molar-refractivity contribution in [1.82, 2.24) is 0 Å². The number of amides is 1. The van der Waals surface area contributed by atoms with Crippen LogP contribution in [0.3, 0.4) is 0 Å². The monoisotopic (exact) mass is 323 g/mol. The molecule has 1 fully saturated rings. The molecule has 5 heteroatoms. The van der Waals surface area contributed by atoms with E-state index in [0.717, 1.165) is 24.2 Å². The quantitative estimate of drug-likeness (QED) is 0.877. The number of carbonyl (C=O) groups is 2. The summed E-state index contributed by atoms with van der Waals surface area (Å²) in [6.45, 7) is 1.74. The van der Waals surface area contributed by atoms with E-state index in [1.165, 1.54) is 6.92 Å². The van der Waals surface area contributed by atoms with Crippen molar-refractivity contribution in [2.45, 2.75) is 25.2 Å². The fourth-order valence-electron chi connectivity index (χ4n) is 3.01. The van der Waals surface area contributed by atoms with Gasteiger partial charge in [-0.2, -0.15) is 0 Å². The summed E-state index contributed by atoms with van der Waals surface area (Å²) < 4.78 is 10.7. The smallest absolute Gasteiger partial charge is 0.235 e. The molecule has 5 nitrogen and oxygen atoms in total. The molecule has 1 aliphatic carbocycles. The highest BCUT2D eigenvalue weighted by molar-refractivity contribution is 6.02. The van der Waals surface area contributed by atoms with E-state index in [9.17, 15) is 9.59 Å². The van der Waals surface area contributed by atoms with Gasteiger partial charge >= 0.3 is 0 Å². The molecule has 1 aliphatic heterocycles. The SMILES string of the molecule is CC(=O)c1ccc(NC(=O)C2(c3ccc4c(c3)OCO4)CC2)cc1. The first-order valence-corrected chi connectivity index (χ1v) is 7.91. The first-order valence-electron chi connectivity index (χ1n) is 7.91. The van der Waals surface area contributed by atoms with E-state index in [-0.39, 0.29) is 18.5 Å². The molecule has 0 bridgehead atoms. The number of hydrogen-bond acceptors (Lipinski definition) is 4. The Morgan fingerprint density at radius 1 is 1.00 bits per heavy atom. The zero-order valence-electron chi connectivity index (χ0n) is 13.3. The van der Waals surface area contributed by atoms with Gasteiger partial charge in [-0.1, -0.05) is 6.07 Å². The predicted molar refractivity (Wildman–Crippen MR) is 88.6 cm³/mol. The summed E-state index contributed by atoms with van der Waals surface area (Å²) in [6, 6.07) is 12.6. The van der Waals surface area contributed by atoms with Crippen molar-refractivity contribution in [3.63, 3.8) is 0 Å². The van der Waals surface area contributed by atoms with Gasteiger partial charge in [-0.3, -0.25) is 9.59 Å². The van der Waals surface area contributed by atoms with E-state index < -0.39 is 5.41 Å². The number of ether oxygens (including phenoxy) is 2. The Bertz CT molecular complexity index is 822. The van der Waals surface area contributed by atoms with Gasteiger partial charge in [0.1, 0.15) is 0 Å². The van der Waals surface area contributed by atoms with Gasteiger partial charge in [0, 0.05) is 11.3 Å². The van der Waals surface area contributed by atoms with Gasteiger partial charge in [0.15, 0.2) is 17.3 Å². The van der Waals surface area contributed by atoms with Crippen LogP contribution in [0.15, 0.2) is 42.5 Å². The fraction of sp³-hybridized carbons (Fsp3) is 0.263. The van der Waals surface area contributed by atoms with Crippen molar-refractivity contribution < 1.29 is 19.1 Å². The van der Waals surface area contributed by atoms with Gasteiger partial charge in [-0.05, 0) is 61.7 Å². The zero-order valence-corrected chi connectivity index (χ0v) is 13.3. The molecule has 1 heterocycles. The Balaban J connectivity index is 1.54. The lowest BCUT2D eigenvalue weighted by Crippen LogP contribution is -2.27. The van der Waals surface area contributed by atoms with Gasteiger partial charge in [0.05, 0.1) is 5.41 Å². The Hall–Kier alpha value is -2.82. The minimum absolute atomic E-state index is 0.00639. The number of anilines is 1. The highest BCUT2D eigenvalue weighted by Crippen LogP contribution is 2.51. The lowest BCUT2D eigenvalue weighted by molar-refractivity contribution is -0.118. The first-order chi connectivity index (χ1) is 11.6. The Morgan fingerprint density at radius 2 is 1.71 bits per heavy atom. The molecule has 0 unspecified atom stereocenters. The molecule has 1 N–H and O–H groups in total. The highest BCUT2D eigenvalue weighted by Gasteiger charge is 2.51. The van der Waals surface area contributed by atoms with Gasteiger partial charge in [-0.15, -0.1) is 0 Å². The molecule has 0 saturated heterocycles. The molecule has 2 aromatic rings. The maximum Gasteiger partial charge on any atom is 0.235 e. The fourth-order valence-corrected chi connectivity index (χ4v) is 3.01. The second kappa shape index (κ2) is 5.37.